The number of hydrogen-bond acceptors (Lipinski definition) is 3. The first-order valence-electron chi connectivity index (χ1n) is 8.91. The summed E-state index contributed by atoms with van der Waals surface area (Å²) < 4.78 is 64.5. The molecule has 0 saturated heterocycles. The van der Waals surface area contributed by atoms with E-state index in [9.17, 15) is 26.4 Å². The molecule has 5 nitrogen and oxygen atoms in total. The first-order chi connectivity index (χ1) is 13.7. The second-order valence-electron chi connectivity index (χ2n) is 7.08. The number of anilines is 1. The minimum absolute atomic E-state index is 0.302. The second kappa shape index (κ2) is 8.85. The first kappa shape index (κ1) is 24.0. The number of sulfonamides is 1. The van der Waals surface area contributed by atoms with E-state index < -0.39 is 45.3 Å². The lowest BCUT2D eigenvalue weighted by atomic mass is 10.00. The SMILES string of the molecule is Cc1ccc(C)c(C(C)NC(=O)CN(c2ccc(Cl)c(C(F)(F)F)c2)S(C)(=O)=O)c1. The third-order valence-electron chi connectivity index (χ3n) is 4.51. The van der Waals surface area contributed by atoms with Crippen molar-refractivity contribution in [3.8, 4) is 0 Å². The molecule has 0 radical (unpaired) electrons. The van der Waals surface area contributed by atoms with Crippen molar-refractivity contribution in [2.24, 2.45) is 0 Å². The standard InChI is InChI=1S/C20H22ClF3N2O3S/c1-12-5-6-13(2)16(9-12)14(3)25-19(27)11-26(30(4,28)29)15-7-8-18(21)17(10-15)20(22,23)24/h5-10,14H,11H2,1-4H3,(H,25,27). The van der Waals surface area contributed by atoms with Gasteiger partial charge < -0.3 is 5.32 Å². The van der Waals surface area contributed by atoms with Crippen LogP contribution in [0.3, 0.4) is 0 Å². The molecular formula is C20H22ClF3N2O3S. The minimum atomic E-state index is -4.77. The van der Waals surface area contributed by atoms with Gasteiger partial charge in [0, 0.05) is 0 Å². The van der Waals surface area contributed by atoms with Crippen molar-refractivity contribution in [3.05, 3.63) is 63.7 Å². The van der Waals surface area contributed by atoms with E-state index in [1.807, 2.05) is 32.0 Å². The Morgan fingerprint density at radius 2 is 1.80 bits per heavy atom. The van der Waals surface area contributed by atoms with E-state index in [0.29, 0.717) is 10.4 Å². The molecule has 0 spiro atoms. The van der Waals surface area contributed by atoms with Crippen molar-refractivity contribution in [2.45, 2.75) is 33.0 Å². The number of aryl methyl sites for hydroxylation is 2. The summed E-state index contributed by atoms with van der Waals surface area (Å²) in [6.07, 6.45) is -3.95. The Hall–Kier alpha value is -2.26. The van der Waals surface area contributed by atoms with Gasteiger partial charge in [0.2, 0.25) is 15.9 Å². The highest BCUT2D eigenvalue weighted by atomic mass is 35.5. The normalized spacial score (nSPS) is 13.1. The summed E-state index contributed by atoms with van der Waals surface area (Å²) in [5.41, 5.74) is 1.32. The molecule has 0 heterocycles. The van der Waals surface area contributed by atoms with Crippen LogP contribution < -0.4 is 9.62 Å². The van der Waals surface area contributed by atoms with Crippen molar-refractivity contribution >= 4 is 33.2 Å². The third kappa shape index (κ3) is 5.89. The molecule has 0 aliphatic heterocycles. The second-order valence-corrected chi connectivity index (χ2v) is 9.39. The molecule has 1 atom stereocenters. The Balaban J connectivity index is 2.30. The number of carbonyl (C=O) groups is 1. The van der Waals surface area contributed by atoms with Crippen molar-refractivity contribution < 1.29 is 26.4 Å². The molecular weight excluding hydrogens is 441 g/mol. The number of halogens is 4. The summed E-state index contributed by atoms with van der Waals surface area (Å²) in [5, 5.41) is 2.14. The summed E-state index contributed by atoms with van der Waals surface area (Å²) >= 11 is 5.60. The van der Waals surface area contributed by atoms with Gasteiger partial charge in [-0.05, 0) is 50.1 Å². The van der Waals surface area contributed by atoms with E-state index in [2.05, 4.69) is 5.32 Å². The third-order valence-corrected chi connectivity index (χ3v) is 5.98. The molecule has 2 aromatic carbocycles. The van der Waals surface area contributed by atoms with Gasteiger partial charge in [0.05, 0.1) is 28.6 Å². The van der Waals surface area contributed by atoms with Crippen molar-refractivity contribution in [3.63, 3.8) is 0 Å². The molecule has 0 fully saturated rings. The zero-order valence-electron chi connectivity index (χ0n) is 16.8. The summed E-state index contributed by atoms with van der Waals surface area (Å²) in [4.78, 5) is 12.5. The molecule has 0 bridgehead atoms. The molecule has 164 valence electrons. The molecule has 1 N–H and O–H groups in total. The van der Waals surface area contributed by atoms with Gasteiger partial charge in [-0.1, -0.05) is 35.4 Å². The number of rotatable bonds is 6. The Kier molecular flexibility index (Phi) is 7.08. The van der Waals surface area contributed by atoms with Gasteiger partial charge in [0.15, 0.2) is 0 Å². The van der Waals surface area contributed by atoms with Crippen LogP contribution >= 0.6 is 11.6 Å². The smallest absolute Gasteiger partial charge is 0.348 e. The van der Waals surface area contributed by atoms with Crippen molar-refractivity contribution in [2.75, 3.05) is 17.1 Å². The molecule has 0 aliphatic carbocycles. The highest BCUT2D eigenvalue weighted by Crippen LogP contribution is 2.37. The Labute approximate surface area is 178 Å². The fourth-order valence-electron chi connectivity index (χ4n) is 3.01. The molecule has 30 heavy (non-hydrogen) atoms. The molecule has 1 amide bonds. The van der Waals surface area contributed by atoms with Crippen LogP contribution in [0.4, 0.5) is 18.9 Å². The number of alkyl halides is 3. The lowest BCUT2D eigenvalue weighted by Crippen LogP contribution is -2.41. The average molecular weight is 463 g/mol. The first-order valence-corrected chi connectivity index (χ1v) is 11.1. The van der Waals surface area contributed by atoms with Crippen LogP contribution in [0.25, 0.3) is 0 Å². The van der Waals surface area contributed by atoms with E-state index >= 15 is 0 Å². The number of benzene rings is 2. The summed E-state index contributed by atoms with van der Waals surface area (Å²) in [5.74, 6) is -0.655. The van der Waals surface area contributed by atoms with Crippen LogP contribution in [0, 0.1) is 13.8 Å². The van der Waals surface area contributed by atoms with Crippen LogP contribution in [0.1, 0.15) is 35.2 Å². The van der Waals surface area contributed by atoms with Gasteiger partial charge in [-0.15, -0.1) is 0 Å². The number of hydrogen-bond donors (Lipinski definition) is 1. The lowest BCUT2D eigenvalue weighted by molar-refractivity contribution is -0.137. The predicted molar refractivity (Wildman–Crippen MR) is 111 cm³/mol. The summed E-state index contributed by atoms with van der Waals surface area (Å²) in [7, 11) is -4.04. The van der Waals surface area contributed by atoms with Gasteiger partial charge >= 0.3 is 6.18 Å². The molecule has 0 saturated carbocycles. The van der Waals surface area contributed by atoms with E-state index in [4.69, 9.17) is 11.6 Å². The van der Waals surface area contributed by atoms with Crippen LogP contribution in [0.5, 0.6) is 0 Å². The summed E-state index contributed by atoms with van der Waals surface area (Å²) in [6.45, 7) is 4.86. The Bertz CT molecular complexity index is 1060. The molecule has 0 aliphatic rings. The molecule has 1 unspecified atom stereocenters. The number of nitrogens with zero attached hydrogens (tertiary/aromatic N) is 1. The van der Waals surface area contributed by atoms with Crippen molar-refractivity contribution in [1.82, 2.24) is 5.32 Å². The highest BCUT2D eigenvalue weighted by Gasteiger charge is 2.34. The minimum Gasteiger partial charge on any atom is -0.348 e. The van der Waals surface area contributed by atoms with Gasteiger partial charge in [-0.2, -0.15) is 13.2 Å². The topological polar surface area (TPSA) is 66.5 Å². The quantitative estimate of drug-likeness (QED) is 0.681. The maximum absolute atomic E-state index is 13.1. The largest absolute Gasteiger partial charge is 0.417 e. The molecule has 2 rings (SSSR count). The predicted octanol–water partition coefficient (Wildman–Crippen LogP) is 4.62. The maximum Gasteiger partial charge on any atom is 0.417 e. The number of carbonyl (C=O) groups excluding carboxylic acids is 1. The van der Waals surface area contributed by atoms with Crippen LogP contribution in [-0.2, 0) is 21.0 Å². The summed E-state index contributed by atoms with van der Waals surface area (Å²) in [6, 6.07) is 8.01. The average Bonchev–Trinajstić information content (AvgIpc) is 2.60. The van der Waals surface area contributed by atoms with Crippen LogP contribution in [0.2, 0.25) is 5.02 Å². The van der Waals surface area contributed by atoms with E-state index in [1.54, 1.807) is 6.92 Å². The Morgan fingerprint density at radius 3 is 2.37 bits per heavy atom. The fourth-order valence-corrected chi connectivity index (χ4v) is 4.08. The monoisotopic (exact) mass is 462 g/mol. The van der Waals surface area contributed by atoms with Gasteiger partial charge in [0.1, 0.15) is 6.54 Å². The molecule has 10 heteroatoms. The Morgan fingerprint density at radius 1 is 1.17 bits per heavy atom. The van der Waals surface area contributed by atoms with E-state index in [1.165, 1.54) is 0 Å². The highest BCUT2D eigenvalue weighted by molar-refractivity contribution is 7.92. The number of amides is 1. The van der Waals surface area contributed by atoms with E-state index in [-0.39, 0.29) is 5.69 Å². The van der Waals surface area contributed by atoms with Crippen molar-refractivity contribution in [1.29, 1.82) is 0 Å². The van der Waals surface area contributed by atoms with Crippen LogP contribution in [-0.4, -0.2) is 27.1 Å². The number of nitrogens with one attached hydrogen (secondary N) is 1. The molecule has 0 aromatic heterocycles. The van der Waals surface area contributed by atoms with Crippen LogP contribution in [0.15, 0.2) is 36.4 Å². The molecule has 2 aromatic rings. The van der Waals surface area contributed by atoms with Gasteiger partial charge in [-0.25, -0.2) is 8.42 Å². The van der Waals surface area contributed by atoms with E-state index in [0.717, 1.165) is 35.1 Å². The lowest BCUT2D eigenvalue weighted by Gasteiger charge is -2.24. The van der Waals surface area contributed by atoms with Gasteiger partial charge in [0.25, 0.3) is 0 Å². The fraction of sp³-hybridized carbons (Fsp3) is 0.350. The zero-order valence-corrected chi connectivity index (χ0v) is 18.4. The maximum atomic E-state index is 13.1. The zero-order chi connectivity index (χ0) is 22.9. The van der Waals surface area contributed by atoms with Gasteiger partial charge in [-0.3, -0.25) is 9.10 Å².